The first-order valence-corrected chi connectivity index (χ1v) is 6.47. The summed E-state index contributed by atoms with van der Waals surface area (Å²) in [6.07, 6.45) is 0.778. The Morgan fingerprint density at radius 1 is 1.40 bits per heavy atom. The summed E-state index contributed by atoms with van der Waals surface area (Å²) < 4.78 is 10.2. The smallest absolute Gasteiger partial charge is 0.243 e. The lowest BCUT2D eigenvalue weighted by Gasteiger charge is -2.08. The van der Waals surface area contributed by atoms with Gasteiger partial charge in [0.2, 0.25) is 11.7 Å². The second-order valence-corrected chi connectivity index (χ2v) is 5.08. The van der Waals surface area contributed by atoms with E-state index in [0.29, 0.717) is 28.9 Å². The molecule has 1 heterocycles. The molecule has 1 aromatic carbocycles. The topological polar surface area (TPSA) is 94.4 Å². The zero-order valence-electron chi connectivity index (χ0n) is 11.8. The molecular formula is C14H19N3O3. The minimum Gasteiger partial charge on any atom is -0.504 e. The zero-order valence-corrected chi connectivity index (χ0v) is 11.8. The van der Waals surface area contributed by atoms with Crippen molar-refractivity contribution in [1.82, 2.24) is 10.1 Å². The Balaban J connectivity index is 2.24. The number of nitrogens with two attached hydrogens (primary N) is 1. The lowest BCUT2D eigenvalue weighted by Crippen LogP contribution is -2.13. The summed E-state index contributed by atoms with van der Waals surface area (Å²) >= 11 is 0. The van der Waals surface area contributed by atoms with E-state index in [1.165, 1.54) is 13.2 Å². The molecule has 1 atom stereocenters. The second kappa shape index (κ2) is 5.92. The fourth-order valence-corrected chi connectivity index (χ4v) is 1.93. The fourth-order valence-electron chi connectivity index (χ4n) is 1.93. The van der Waals surface area contributed by atoms with Gasteiger partial charge in [-0.15, -0.1) is 0 Å². The molecule has 0 bridgehead atoms. The molecule has 1 aromatic heterocycles. The summed E-state index contributed by atoms with van der Waals surface area (Å²) in [7, 11) is 1.49. The average molecular weight is 277 g/mol. The monoisotopic (exact) mass is 277 g/mol. The molecule has 2 aromatic rings. The lowest BCUT2D eigenvalue weighted by molar-refractivity contribution is 0.335. The van der Waals surface area contributed by atoms with Crippen LogP contribution in [0.2, 0.25) is 0 Å². The standard InChI is InChI=1S/C14H19N3O3/c1-8(2)6-10(15)14-16-13(17-20-14)9-4-5-11(18)12(7-9)19-3/h4-5,7-8,10,18H,6,15H2,1-3H3/t10-/m1/s1. The van der Waals surface area contributed by atoms with E-state index in [1.807, 2.05) is 0 Å². The van der Waals surface area contributed by atoms with Crippen LogP contribution in [-0.2, 0) is 0 Å². The first-order valence-electron chi connectivity index (χ1n) is 6.47. The number of aromatic nitrogens is 2. The lowest BCUT2D eigenvalue weighted by atomic mass is 10.0. The van der Waals surface area contributed by atoms with Gasteiger partial charge in [-0.25, -0.2) is 0 Å². The van der Waals surface area contributed by atoms with E-state index in [1.54, 1.807) is 12.1 Å². The maximum absolute atomic E-state index is 9.57. The molecule has 20 heavy (non-hydrogen) atoms. The van der Waals surface area contributed by atoms with Crippen LogP contribution in [0.15, 0.2) is 22.7 Å². The first kappa shape index (κ1) is 14.3. The Morgan fingerprint density at radius 3 is 2.80 bits per heavy atom. The molecule has 3 N–H and O–H groups in total. The minimum absolute atomic E-state index is 0.0662. The van der Waals surface area contributed by atoms with Crippen molar-refractivity contribution in [1.29, 1.82) is 0 Å². The summed E-state index contributed by atoms with van der Waals surface area (Å²) in [4.78, 5) is 4.30. The van der Waals surface area contributed by atoms with Gasteiger partial charge in [-0.3, -0.25) is 0 Å². The van der Waals surface area contributed by atoms with Crippen LogP contribution in [0.1, 0.15) is 32.2 Å². The molecule has 0 fully saturated rings. The summed E-state index contributed by atoms with van der Waals surface area (Å²) in [5.41, 5.74) is 6.71. The Hall–Kier alpha value is -2.08. The Kier molecular flexibility index (Phi) is 4.24. The molecule has 0 aliphatic heterocycles. The molecule has 108 valence electrons. The average Bonchev–Trinajstić information content (AvgIpc) is 2.88. The zero-order chi connectivity index (χ0) is 14.7. The van der Waals surface area contributed by atoms with Crippen molar-refractivity contribution in [2.45, 2.75) is 26.3 Å². The predicted molar refractivity (Wildman–Crippen MR) is 74.3 cm³/mol. The summed E-state index contributed by atoms with van der Waals surface area (Å²) in [5, 5.41) is 13.5. The van der Waals surface area contributed by atoms with E-state index in [-0.39, 0.29) is 11.8 Å². The van der Waals surface area contributed by atoms with Gasteiger partial charge in [0.1, 0.15) is 0 Å². The third kappa shape index (κ3) is 3.08. The fraction of sp³-hybridized carbons (Fsp3) is 0.429. The SMILES string of the molecule is COc1cc(-c2noc([C@H](N)CC(C)C)n2)ccc1O. The van der Waals surface area contributed by atoms with Gasteiger partial charge >= 0.3 is 0 Å². The van der Waals surface area contributed by atoms with Gasteiger partial charge in [0, 0.05) is 5.56 Å². The number of phenols is 1. The second-order valence-electron chi connectivity index (χ2n) is 5.08. The molecule has 0 unspecified atom stereocenters. The number of nitrogens with zero attached hydrogens (tertiary/aromatic N) is 2. The highest BCUT2D eigenvalue weighted by atomic mass is 16.5. The number of phenolic OH excluding ortho intramolecular Hbond substituents is 1. The third-order valence-corrected chi connectivity index (χ3v) is 2.92. The predicted octanol–water partition coefficient (Wildman–Crippen LogP) is 2.50. The number of methoxy groups -OCH3 is 1. The van der Waals surface area contributed by atoms with Crippen LogP contribution in [0.25, 0.3) is 11.4 Å². The van der Waals surface area contributed by atoms with Crippen LogP contribution < -0.4 is 10.5 Å². The molecule has 0 aliphatic rings. The van der Waals surface area contributed by atoms with Gasteiger partial charge in [0.05, 0.1) is 13.2 Å². The number of hydrogen-bond donors (Lipinski definition) is 2. The van der Waals surface area contributed by atoms with E-state index >= 15 is 0 Å². The van der Waals surface area contributed by atoms with Crippen molar-refractivity contribution in [3.05, 3.63) is 24.1 Å². The molecule has 0 amide bonds. The van der Waals surface area contributed by atoms with Gasteiger partial charge < -0.3 is 20.1 Å². The van der Waals surface area contributed by atoms with Gasteiger partial charge in [-0.05, 0) is 30.5 Å². The number of benzene rings is 1. The summed E-state index contributed by atoms with van der Waals surface area (Å²) in [6.45, 7) is 4.17. The molecule has 6 heteroatoms. The quantitative estimate of drug-likeness (QED) is 0.872. The molecule has 0 saturated carbocycles. The third-order valence-electron chi connectivity index (χ3n) is 2.92. The van der Waals surface area contributed by atoms with E-state index in [2.05, 4.69) is 24.0 Å². The molecule has 0 saturated heterocycles. The largest absolute Gasteiger partial charge is 0.504 e. The molecule has 0 radical (unpaired) electrons. The van der Waals surface area contributed by atoms with Gasteiger partial charge in [-0.1, -0.05) is 19.0 Å². The Morgan fingerprint density at radius 2 is 2.15 bits per heavy atom. The maximum Gasteiger partial charge on any atom is 0.243 e. The van der Waals surface area contributed by atoms with E-state index < -0.39 is 0 Å². The van der Waals surface area contributed by atoms with Crippen molar-refractivity contribution >= 4 is 0 Å². The first-order chi connectivity index (χ1) is 9.51. The molecule has 2 rings (SSSR count). The molecule has 6 nitrogen and oxygen atoms in total. The van der Waals surface area contributed by atoms with Crippen LogP contribution in [-0.4, -0.2) is 22.4 Å². The summed E-state index contributed by atoms with van der Waals surface area (Å²) in [6, 6.07) is 4.60. The highest BCUT2D eigenvalue weighted by Gasteiger charge is 2.17. The Labute approximate surface area is 117 Å². The van der Waals surface area contributed by atoms with Crippen LogP contribution in [0.3, 0.4) is 0 Å². The van der Waals surface area contributed by atoms with Gasteiger partial charge in [0.15, 0.2) is 11.5 Å². The van der Waals surface area contributed by atoms with Gasteiger partial charge in [-0.2, -0.15) is 4.98 Å². The van der Waals surface area contributed by atoms with Crippen LogP contribution in [0.5, 0.6) is 11.5 Å². The minimum atomic E-state index is -0.268. The number of rotatable bonds is 5. The van der Waals surface area contributed by atoms with Crippen molar-refractivity contribution in [2.24, 2.45) is 11.7 Å². The van der Waals surface area contributed by atoms with Crippen molar-refractivity contribution < 1.29 is 14.4 Å². The van der Waals surface area contributed by atoms with E-state index in [9.17, 15) is 5.11 Å². The molecule has 0 aliphatic carbocycles. The number of ether oxygens (including phenoxy) is 1. The summed E-state index contributed by atoms with van der Waals surface area (Å²) in [5.74, 6) is 1.73. The number of aromatic hydroxyl groups is 1. The Bertz CT molecular complexity index is 581. The maximum atomic E-state index is 9.57. The highest BCUT2D eigenvalue weighted by molar-refractivity contribution is 5.60. The number of hydrogen-bond acceptors (Lipinski definition) is 6. The van der Waals surface area contributed by atoms with E-state index in [0.717, 1.165) is 6.42 Å². The highest BCUT2D eigenvalue weighted by Crippen LogP contribution is 2.30. The van der Waals surface area contributed by atoms with Crippen LogP contribution >= 0.6 is 0 Å². The van der Waals surface area contributed by atoms with Crippen molar-refractivity contribution in [3.63, 3.8) is 0 Å². The normalized spacial score (nSPS) is 12.7. The molecular weight excluding hydrogens is 258 g/mol. The van der Waals surface area contributed by atoms with Crippen molar-refractivity contribution in [2.75, 3.05) is 7.11 Å². The van der Waals surface area contributed by atoms with Crippen molar-refractivity contribution in [3.8, 4) is 22.9 Å². The molecule has 0 spiro atoms. The van der Waals surface area contributed by atoms with Crippen LogP contribution in [0, 0.1) is 5.92 Å². The van der Waals surface area contributed by atoms with E-state index in [4.69, 9.17) is 15.0 Å². The van der Waals surface area contributed by atoms with Crippen LogP contribution in [0.4, 0.5) is 0 Å². The van der Waals surface area contributed by atoms with Gasteiger partial charge in [0.25, 0.3) is 0 Å².